The fraction of sp³-hybridized carbons (Fsp3) is 0.143. The Labute approximate surface area is 111 Å². The third kappa shape index (κ3) is 3.26. The summed E-state index contributed by atoms with van der Waals surface area (Å²) < 4.78 is 66.4. The van der Waals surface area contributed by atoms with Crippen molar-refractivity contribution in [3.63, 3.8) is 0 Å². The molecule has 0 fully saturated rings. The minimum Gasteiger partial charge on any atom is -0.399 e. The molecule has 0 aliphatic rings. The van der Waals surface area contributed by atoms with Crippen LogP contribution in [-0.4, -0.2) is 6.36 Å². The summed E-state index contributed by atoms with van der Waals surface area (Å²) in [6.45, 7) is 1.84. The molecule has 0 saturated heterocycles. The molecule has 0 bridgehead atoms. The molecular weight excluding hydrogens is 279 g/mol. The van der Waals surface area contributed by atoms with Gasteiger partial charge in [0.25, 0.3) is 0 Å². The monoisotopic (exact) mass is 288 g/mol. The Morgan fingerprint density at radius 2 is 1.35 bits per heavy atom. The van der Waals surface area contributed by atoms with Gasteiger partial charge in [0.2, 0.25) is 5.75 Å². The lowest BCUT2D eigenvalue weighted by Gasteiger charge is -2.12. The molecule has 1 nitrogen and oxygen atoms in total. The van der Waals surface area contributed by atoms with Crippen LogP contribution in [0.1, 0.15) is 5.56 Å². The van der Waals surface area contributed by atoms with E-state index in [1.807, 2.05) is 6.92 Å². The average Bonchev–Trinajstić information content (AvgIpc) is 2.33. The maximum Gasteiger partial charge on any atom is 0.573 e. The molecule has 20 heavy (non-hydrogen) atoms. The molecule has 0 atom stereocenters. The highest BCUT2D eigenvalue weighted by Crippen LogP contribution is 2.32. The Balaban J connectivity index is 2.42. The molecule has 2 rings (SSSR count). The first kappa shape index (κ1) is 14.3. The first-order valence-electron chi connectivity index (χ1n) is 5.58. The van der Waals surface area contributed by atoms with Gasteiger partial charge in [-0.25, -0.2) is 8.78 Å². The number of alkyl halides is 3. The molecule has 0 aliphatic heterocycles. The van der Waals surface area contributed by atoms with E-state index in [1.54, 1.807) is 24.3 Å². The highest BCUT2D eigenvalue weighted by Gasteiger charge is 2.34. The van der Waals surface area contributed by atoms with E-state index in [0.29, 0.717) is 5.56 Å². The van der Waals surface area contributed by atoms with Crippen molar-refractivity contribution >= 4 is 0 Å². The van der Waals surface area contributed by atoms with Crippen LogP contribution in [-0.2, 0) is 0 Å². The lowest BCUT2D eigenvalue weighted by molar-refractivity contribution is -0.276. The Morgan fingerprint density at radius 3 is 1.80 bits per heavy atom. The maximum atomic E-state index is 13.5. The first-order chi connectivity index (χ1) is 9.26. The zero-order valence-corrected chi connectivity index (χ0v) is 10.3. The van der Waals surface area contributed by atoms with E-state index in [2.05, 4.69) is 4.74 Å². The topological polar surface area (TPSA) is 9.23 Å². The summed E-state index contributed by atoms with van der Waals surface area (Å²) in [4.78, 5) is 0. The Hall–Kier alpha value is -2.11. The van der Waals surface area contributed by atoms with Crippen LogP contribution in [0, 0.1) is 18.6 Å². The summed E-state index contributed by atoms with van der Waals surface area (Å²) in [7, 11) is 0. The number of benzene rings is 2. The third-order valence-corrected chi connectivity index (χ3v) is 2.60. The zero-order chi connectivity index (χ0) is 14.9. The van der Waals surface area contributed by atoms with Gasteiger partial charge in [-0.3, -0.25) is 0 Å². The number of ether oxygens (including phenoxy) is 1. The number of hydrogen-bond acceptors (Lipinski definition) is 1. The van der Waals surface area contributed by atoms with Gasteiger partial charge in [0.15, 0.2) is 11.6 Å². The van der Waals surface area contributed by atoms with E-state index in [4.69, 9.17) is 0 Å². The van der Waals surface area contributed by atoms with Crippen LogP contribution >= 0.6 is 0 Å². The molecule has 2 aromatic carbocycles. The fourth-order valence-corrected chi connectivity index (χ4v) is 1.69. The third-order valence-electron chi connectivity index (χ3n) is 2.60. The minimum absolute atomic E-state index is 0.134. The average molecular weight is 288 g/mol. The van der Waals surface area contributed by atoms with Crippen molar-refractivity contribution in [1.29, 1.82) is 0 Å². The standard InChI is InChI=1S/C14H9F5O/c1-8-2-4-9(5-3-8)10-6-11(15)13(12(16)7-10)20-14(17,18)19/h2-7H,1H3. The normalized spacial score (nSPS) is 11.5. The lowest BCUT2D eigenvalue weighted by atomic mass is 10.0. The molecule has 0 saturated carbocycles. The van der Waals surface area contributed by atoms with Crippen LogP contribution in [0.5, 0.6) is 5.75 Å². The molecule has 2 aromatic rings. The summed E-state index contributed by atoms with van der Waals surface area (Å²) >= 11 is 0. The largest absolute Gasteiger partial charge is 0.573 e. The predicted molar refractivity (Wildman–Crippen MR) is 63.2 cm³/mol. The Bertz CT molecular complexity index is 593. The van der Waals surface area contributed by atoms with Crippen molar-refractivity contribution < 1.29 is 26.7 Å². The van der Waals surface area contributed by atoms with Gasteiger partial charge >= 0.3 is 6.36 Å². The van der Waals surface area contributed by atoms with Gasteiger partial charge in [-0.05, 0) is 30.2 Å². The van der Waals surface area contributed by atoms with Gasteiger partial charge in [-0.1, -0.05) is 29.8 Å². The maximum absolute atomic E-state index is 13.5. The van der Waals surface area contributed by atoms with E-state index >= 15 is 0 Å². The number of aryl methyl sites for hydroxylation is 1. The van der Waals surface area contributed by atoms with E-state index in [0.717, 1.165) is 17.7 Å². The molecule has 0 radical (unpaired) electrons. The van der Waals surface area contributed by atoms with E-state index < -0.39 is 23.7 Å². The Morgan fingerprint density at radius 1 is 0.850 bits per heavy atom. The molecule has 0 aromatic heterocycles. The predicted octanol–water partition coefficient (Wildman–Crippen LogP) is 4.84. The van der Waals surface area contributed by atoms with Crippen molar-refractivity contribution in [2.24, 2.45) is 0 Å². The summed E-state index contributed by atoms with van der Waals surface area (Å²) in [5.41, 5.74) is 1.58. The molecule has 6 heteroatoms. The molecule has 0 heterocycles. The zero-order valence-electron chi connectivity index (χ0n) is 10.3. The Kier molecular flexibility index (Phi) is 3.65. The van der Waals surface area contributed by atoms with Crippen molar-refractivity contribution in [2.75, 3.05) is 0 Å². The molecule has 0 spiro atoms. The number of rotatable bonds is 2. The van der Waals surface area contributed by atoms with Crippen LogP contribution in [0.2, 0.25) is 0 Å². The summed E-state index contributed by atoms with van der Waals surface area (Å²) in [6, 6.07) is 8.29. The summed E-state index contributed by atoms with van der Waals surface area (Å²) in [6.07, 6.45) is -5.15. The molecule has 0 N–H and O–H groups in total. The highest BCUT2D eigenvalue weighted by atomic mass is 19.4. The van der Waals surface area contributed by atoms with E-state index in [9.17, 15) is 22.0 Å². The highest BCUT2D eigenvalue weighted by molar-refractivity contribution is 5.65. The van der Waals surface area contributed by atoms with Crippen molar-refractivity contribution in [1.82, 2.24) is 0 Å². The molecular formula is C14H9F5O. The molecule has 0 amide bonds. The first-order valence-corrected chi connectivity index (χ1v) is 5.58. The van der Waals surface area contributed by atoms with Crippen LogP contribution in [0.3, 0.4) is 0 Å². The molecule has 106 valence electrons. The number of hydrogen-bond donors (Lipinski definition) is 0. The second kappa shape index (κ2) is 5.11. The second-order valence-electron chi connectivity index (χ2n) is 4.18. The van der Waals surface area contributed by atoms with E-state index in [-0.39, 0.29) is 5.56 Å². The van der Waals surface area contributed by atoms with Crippen molar-refractivity contribution in [3.8, 4) is 16.9 Å². The van der Waals surface area contributed by atoms with Gasteiger partial charge in [0.05, 0.1) is 0 Å². The lowest BCUT2D eigenvalue weighted by Crippen LogP contribution is -2.19. The van der Waals surface area contributed by atoms with Gasteiger partial charge in [0, 0.05) is 0 Å². The van der Waals surface area contributed by atoms with Crippen LogP contribution in [0.15, 0.2) is 36.4 Å². The smallest absolute Gasteiger partial charge is 0.399 e. The van der Waals surface area contributed by atoms with E-state index in [1.165, 1.54) is 0 Å². The van der Waals surface area contributed by atoms with Crippen molar-refractivity contribution in [3.05, 3.63) is 53.6 Å². The second-order valence-corrected chi connectivity index (χ2v) is 4.18. The summed E-state index contributed by atoms with van der Waals surface area (Å²) in [5.74, 6) is -4.26. The van der Waals surface area contributed by atoms with Crippen LogP contribution in [0.25, 0.3) is 11.1 Å². The SMILES string of the molecule is Cc1ccc(-c2cc(F)c(OC(F)(F)F)c(F)c2)cc1. The van der Waals surface area contributed by atoms with Crippen molar-refractivity contribution in [2.45, 2.75) is 13.3 Å². The van der Waals surface area contributed by atoms with Crippen LogP contribution < -0.4 is 4.74 Å². The van der Waals surface area contributed by atoms with Crippen LogP contribution in [0.4, 0.5) is 22.0 Å². The quantitative estimate of drug-likeness (QED) is 0.718. The van der Waals surface area contributed by atoms with Gasteiger partial charge in [0.1, 0.15) is 0 Å². The fourth-order valence-electron chi connectivity index (χ4n) is 1.69. The van der Waals surface area contributed by atoms with Gasteiger partial charge in [-0.2, -0.15) is 0 Å². The molecule has 0 aliphatic carbocycles. The minimum atomic E-state index is -5.15. The summed E-state index contributed by atoms with van der Waals surface area (Å²) in [5, 5.41) is 0. The molecule has 0 unspecified atom stereocenters. The van der Waals surface area contributed by atoms with Gasteiger partial charge < -0.3 is 4.74 Å². The number of halogens is 5. The van der Waals surface area contributed by atoms with Gasteiger partial charge in [-0.15, -0.1) is 13.2 Å².